The van der Waals surface area contributed by atoms with Crippen LogP contribution in [0.1, 0.15) is 22.1 Å². The van der Waals surface area contributed by atoms with E-state index in [2.05, 4.69) is 0 Å². The van der Waals surface area contributed by atoms with Crippen molar-refractivity contribution in [3.8, 4) is 0 Å². The van der Waals surface area contributed by atoms with Crippen molar-refractivity contribution in [1.82, 2.24) is 0 Å². The third-order valence-corrected chi connectivity index (χ3v) is 3.89. The second-order valence-corrected chi connectivity index (χ2v) is 5.15. The first-order valence-corrected chi connectivity index (χ1v) is 6.43. The molecule has 3 heteroatoms. The fourth-order valence-electron chi connectivity index (χ4n) is 1.71. The Morgan fingerprint density at radius 1 is 0.941 bits per heavy atom. The van der Waals surface area contributed by atoms with Crippen molar-refractivity contribution in [2.45, 2.75) is 12.3 Å². The van der Waals surface area contributed by atoms with Crippen LogP contribution in [0.3, 0.4) is 0 Å². The van der Waals surface area contributed by atoms with E-state index in [1.807, 2.05) is 49.4 Å². The summed E-state index contributed by atoms with van der Waals surface area (Å²) in [5, 5.41) is 1.24. The van der Waals surface area contributed by atoms with Gasteiger partial charge in [-0.3, -0.25) is 0 Å². The Labute approximate surface area is 116 Å². The smallest absolute Gasteiger partial charge is 0.0838 e. The molecule has 0 radical (unpaired) electrons. The lowest BCUT2D eigenvalue weighted by atomic mass is 10.00. The molecule has 1 atom stereocenters. The minimum Gasteiger partial charge on any atom is -0.113 e. The quantitative estimate of drug-likeness (QED) is 0.627. The van der Waals surface area contributed by atoms with Crippen molar-refractivity contribution in [2.24, 2.45) is 0 Å². The largest absolute Gasteiger partial charge is 0.113 e. The molecule has 2 rings (SSSR count). The van der Waals surface area contributed by atoms with E-state index >= 15 is 0 Å². The molecule has 0 saturated carbocycles. The number of halogens is 3. The second kappa shape index (κ2) is 5.30. The van der Waals surface area contributed by atoms with Crippen molar-refractivity contribution in [3.05, 3.63) is 69.2 Å². The highest BCUT2D eigenvalue weighted by molar-refractivity contribution is 6.32. The average Bonchev–Trinajstić information content (AvgIpc) is 2.33. The van der Waals surface area contributed by atoms with Crippen LogP contribution in [-0.2, 0) is 0 Å². The predicted molar refractivity (Wildman–Crippen MR) is 75.3 cm³/mol. The predicted octanol–water partition coefficient (Wildman–Crippen LogP) is 5.63. The normalized spacial score (nSPS) is 12.5. The van der Waals surface area contributed by atoms with Gasteiger partial charge in [0.25, 0.3) is 0 Å². The third kappa shape index (κ3) is 2.77. The molecule has 17 heavy (non-hydrogen) atoms. The van der Waals surface area contributed by atoms with Crippen molar-refractivity contribution in [3.63, 3.8) is 0 Å². The molecule has 0 amide bonds. The molecule has 0 spiro atoms. The maximum atomic E-state index is 6.46. The van der Waals surface area contributed by atoms with Gasteiger partial charge in [0.15, 0.2) is 0 Å². The Hall–Kier alpha value is -0.690. The number of hydrogen-bond acceptors (Lipinski definition) is 0. The van der Waals surface area contributed by atoms with E-state index in [0.29, 0.717) is 5.02 Å². The molecule has 2 aromatic rings. The van der Waals surface area contributed by atoms with Crippen LogP contribution >= 0.6 is 34.8 Å². The topological polar surface area (TPSA) is 0 Å². The number of benzene rings is 2. The molecule has 0 heterocycles. The lowest BCUT2D eigenvalue weighted by Crippen LogP contribution is -1.96. The molecule has 1 unspecified atom stereocenters. The van der Waals surface area contributed by atoms with Crippen LogP contribution in [-0.4, -0.2) is 0 Å². The standard InChI is InChI=1S/C14H11Cl3/c1-9-12(3-2-4-13(9)16)14(17)10-5-7-11(15)8-6-10/h2-8,14H,1H3. The van der Waals surface area contributed by atoms with Crippen molar-refractivity contribution in [2.75, 3.05) is 0 Å². The lowest BCUT2D eigenvalue weighted by Gasteiger charge is -2.14. The maximum Gasteiger partial charge on any atom is 0.0838 e. The van der Waals surface area contributed by atoms with Crippen LogP contribution in [0.4, 0.5) is 0 Å². The molecule has 0 aliphatic rings. The molecule has 0 aliphatic carbocycles. The maximum absolute atomic E-state index is 6.46. The molecular formula is C14H11Cl3. The Balaban J connectivity index is 2.40. The second-order valence-electron chi connectivity index (χ2n) is 3.87. The van der Waals surface area contributed by atoms with E-state index in [1.165, 1.54) is 0 Å². The van der Waals surface area contributed by atoms with Gasteiger partial charge in [0, 0.05) is 10.0 Å². The Kier molecular flexibility index (Phi) is 3.98. The van der Waals surface area contributed by atoms with Crippen LogP contribution in [0.25, 0.3) is 0 Å². The Morgan fingerprint density at radius 3 is 2.24 bits per heavy atom. The number of rotatable bonds is 2. The number of alkyl halides is 1. The summed E-state index contributed by atoms with van der Waals surface area (Å²) in [5.74, 6) is 0. The molecule has 0 fully saturated rings. The summed E-state index contributed by atoms with van der Waals surface area (Å²) in [6.45, 7) is 1.98. The molecule has 88 valence electrons. The van der Waals surface area contributed by atoms with Gasteiger partial charge in [0.1, 0.15) is 0 Å². The van der Waals surface area contributed by atoms with Gasteiger partial charge in [-0.1, -0.05) is 47.5 Å². The van der Waals surface area contributed by atoms with Crippen molar-refractivity contribution >= 4 is 34.8 Å². The molecule has 0 saturated heterocycles. The Bertz CT molecular complexity index is 517. The van der Waals surface area contributed by atoms with E-state index in [1.54, 1.807) is 0 Å². The fourth-order valence-corrected chi connectivity index (χ4v) is 2.40. The minimum atomic E-state index is -0.203. The molecule has 0 N–H and O–H groups in total. The zero-order valence-electron chi connectivity index (χ0n) is 9.25. The summed E-state index contributed by atoms with van der Waals surface area (Å²) in [5.41, 5.74) is 3.06. The van der Waals surface area contributed by atoms with Crippen molar-refractivity contribution in [1.29, 1.82) is 0 Å². The van der Waals surface area contributed by atoms with Crippen LogP contribution in [0.2, 0.25) is 10.0 Å². The van der Waals surface area contributed by atoms with E-state index in [9.17, 15) is 0 Å². The minimum absolute atomic E-state index is 0.203. The van der Waals surface area contributed by atoms with Gasteiger partial charge in [0.05, 0.1) is 5.38 Å². The first-order chi connectivity index (χ1) is 8.09. The van der Waals surface area contributed by atoms with Crippen LogP contribution in [0.5, 0.6) is 0 Å². The molecular weight excluding hydrogens is 275 g/mol. The highest BCUT2D eigenvalue weighted by Crippen LogP contribution is 2.33. The molecule has 0 aromatic heterocycles. The fraction of sp³-hybridized carbons (Fsp3) is 0.143. The molecule has 0 aliphatic heterocycles. The lowest BCUT2D eigenvalue weighted by molar-refractivity contribution is 1.11. The zero-order chi connectivity index (χ0) is 12.4. The third-order valence-electron chi connectivity index (χ3n) is 2.75. The van der Waals surface area contributed by atoms with E-state index < -0.39 is 0 Å². The highest BCUT2D eigenvalue weighted by atomic mass is 35.5. The summed E-state index contributed by atoms with van der Waals surface area (Å²) in [7, 11) is 0. The van der Waals surface area contributed by atoms with Crippen LogP contribution in [0, 0.1) is 6.92 Å². The van der Waals surface area contributed by atoms with Gasteiger partial charge in [-0.05, 0) is 41.8 Å². The van der Waals surface area contributed by atoms with Gasteiger partial charge >= 0.3 is 0 Å². The van der Waals surface area contributed by atoms with Gasteiger partial charge < -0.3 is 0 Å². The van der Waals surface area contributed by atoms with Gasteiger partial charge in [-0.15, -0.1) is 11.6 Å². The van der Waals surface area contributed by atoms with Crippen molar-refractivity contribution < 1.29 is 0 Å². The summed E-state index contributed by atoms with van der Waals surface area (Å²) in [4.78, 5) is 0. The molecule has 2 aromatic carbocycles. The van der Waals surface area contributed by atoms with Gasteiger partial charge in [-0.2, -0.15) is 0 Å². The molecule has 0 bridgehead atoms. The van der Waals surface area contributed by atoms with Crippen LogP contribution < -0.4 is 0 Å². The summed E-state index contributed by atoms with van der Waals surface area (Å²) >= 11 is 18.4. The first-order valence-electron chi connectivity index (χ1n) is 5.24. The highest BCUT2D eigenvalue weighted by Gasteiger charge is 2.14. The SMILES string of the molecule is Cc1c(Cl)cccc1C(Cl)c1ccc(Cl)cc1. The van der Waals surface area contributed by atoms with E-state index in [0.717, 1.165) is 21.7 Å². The monoisotopic (exact) mass is 284 g/mol. The number of hydrogen-bond donors (Lipinski definition) is 0. The zero-order valence-corrected chi connectivity index (χ0v) is 11.5. The van der Waals surface area contributed by atoms with E-state index in [4.69, 9.17) is 34.8 Å². The van der Waals surface area contributed by atoms with Gasteiger partial charge in [-0.25, -0.2) is 0 Å². The summed E-state index contributed by atoms with van der Waals surface area (Å²) < 4.78 is 0. The van der Waals surface area contributed by atoms with Gasteiger partial charge in [0.2, 0.25) is 0 Å². The molecule has 0 nitrogen and oxygen atoms in total. The summed E-state index contributed by atoms with van der Waals surface area (Å²) in [6.07, 6.45) is 0. The summed E-state index contributed by atoms with van der Waals surface area (Å²) in [6, 6.07) is 13.3. The van der Waals surface area contributed by atoms with E-state index in [-0.39, 0.29) is 5.38 Å². The average molecular weight is 286 g/mol. The Morgan fingerprint density at radius 2 is 1.59 bits per heavy atom. The first kappa shape index (κ1) is 12.8. The van der Waals surface area contributed by atoms with Crippen LogP contribution in [0.15, 0.2) is 42.5 Å².